The quantitative estimate of drug-likeness (QED) is 0.726. The Kier molecular flexibility index (Phi) is 5.17. The zero-order valence-corrected chi connectivity index (χ0v) is 14.4. The summed E-state index contributed by atoms with van der Waals surface area (Å²) >= 11 is 19.8. The Morgan fingerprint density at radius 2 is 2.15 bits per heavy atom. The number of amides is 1. The maximum Gasteiger partial charge on any atom is 0.230 e. The van der Waals surface area contributed by atoms with Gasteiger partial charge < -0.3 is 4.90 Å². The van der Waals surface area contributed by atoms with Gasteiger partial charge in [-0.15, -0.1) is 23.4 Å². The van der Waals surface area contributed by atoms with Crippen molar-refractivity contribution in [1.82, 2.24) is 4.90 Å². The van der Waals surface area contributed by atoms with Gasteiger partial charge in [-0.05, 0) is 26.0 Å². The van der Waals surface area contributed by atoms with E-state index in [9.17, 15) is 4.79 Å². The van der Waals surface area contributed by atoms with Gasteiger partial charge in [0, 0.05) is 33.8 Å². The monoisotopic (exact) mass is 351 g/mol. The lowest BCUT2D eigenvalue weighted by atomic mass is 9.94. The topological polar surface area (TPSA) is 20.3 Å². The predicted octanol–water partition coefficient (Wildman–Crippen LogP) is 4.83. The highest BCUT2D eigenvalue weighted by molar-refractivity contribution is 7.99. The molecule has 2 rings (SSSR count). The minimum absolute atomic E-state index is 0.0604. The zero-order valence-electron chi connectivity index (χ0n) is 11.3. The minimum atomic E-state index is -0.566. The average Bonchev–Trinajstić information content (AvgIpc) is 2.86. The minimum Gasteiger partial charge on any atom is -0.325 e. The normalized spacial score (nSPS) is 19.4. The van der Waals surface area contributed by atoms with E-state index < -0.39 is 5.41 Å². The zero-order chi connectivity index (χ0) is 14.9. The summed E-state index contributed by atoms with van der Waals surface area (Å²) in [5.41, 5.74) is 0.362. The molecule has 0 bridgehead atoms. The van der Waals surface area contributed by atoms with E-state index in [0.29, 0.717) is 22.5 Å². The van der Waals surface area contributed by atoms with Gasteiger partial charge in [0.1, 0.15) is 5.37 Å². The highest BCUT2D eigenvalue weighted by atomic mass is 35.5. The standard InChI is InChI=1S/C14H16Cl3NOS/c1-14(2,8-15)13(19)18-5-6-20-12(18)10-4-3-9(16)7-11(10)17/h3-4,7,12H,5-6,8H2,1-2H3/t12-/m0/s1. The number of alkyl halides is 1. The van der Waals surface area contributed by atoms with Crippen molar-refractivity contribution in [1.29, 1.82) is 0 Å². The van der Waals surface area contributed by atoms with Crippen LogP contribution in [0, 0.1) is 5.41 Å². The largest absolute Gasteiger partial charge is 0.325 e. The lowest BCUT2D eigenvalue weighted by molar-refractivity contribution is -0.139. The van der Waals surface area contributed by atoms with Crippen molar-refractivity contribution in [3.8, 4) is 0 Å². The van der Waals surface area contributed by atoms with Crippen LogP contribution in [0.1, 0.15) is 24.8 Å². The van der Waals surface area contributed by atoms with Crippen LogP contribution in [0.15, 0.2) is 18.2 Å². The Morgan fingerprint density at radius 3 is 2.75 bits per heavy atom. The summed E-state index contributed by atoms with van der Waals surface area (Å²) in [5.74, 6) is 1.26. The van der Waals surface area contributed by atoms with Gasteiger partial charge in [0.25, 0.3) is 0 Å². The molecule has 1 atom stereocenters. The van der Waals surface area contributed by atoms with Crippen LogP contribution in [-0.2, 0) is 4.79 Å². The molecule has 1 aromatic rings. The van der Waals surface area contributed by atoms with Crippen LogP contribution in [0.2, 0.25) is 10.0 Å². The first-order valence-electron chi connectivity index (χ1n) is 6.30. The van der Waals surface area contributed by atoms with Gasteiger partial charge in [0.15, 0.2) is 0 Å². The van der Waals surface area contributed by atoms with Crippen molar-refractivity contribution in [2.45, 2.75) is 19.2 Å². The maximum atomic E-state index is 12.6. The van der Waals surface area contributed by atoms with E-state index >= 15 is 0 Å². The van der Waals surface area contributed by atoms with Gasteiger partial charge in [-0.3, -0.25) is 4.79 Å². The molecule has 2 nitrogen and oxygen atoms in total. The van der Waals surface area contributed by atoms with Gasteiger partial charge >= 0.3 is 0 Å². The Labute approximate surface area is 138 Å². The fraction of sp³-hybridized carbons (Fsp3) is 0.500. The lowest BCUT2D eigenvalue weighted by Gasteiger charge is -2.31. The summed E-state index contributed by atoms with van der Waals surface area (Å²) in [7, 11) is 0. The third kappa shape index (κ3) is 3.22. The van der Waals surface area contributed by atoms with Crippen LogP contribution >= 0.6 is 46.6 Å². The number of hydrogen-bond acceptors (Lipinski definition) is 2. The number of carbonyl (C=O) groups is 1. The molecule has 1 aliphatic rings. The molecule has 0 radical (unpaired) electrons. The number of nitrogens with zero attached hydrogens (tertiary/aromatic N) is 1. The molecule has 0 aliphatic carbocycles. The van der Waals surface area contributed by atoms with E-state index in [1.165, 1.54) is 0 Å². The molecular formula is C14H16Cl3NOS. The second-order valence-corrected chi connectivity index (χ2v) is 7.70. The third-order valence-electron chi connectivity index (χ3n) is 3.29. The number of thioether (sulfide) groups is 1. The van der Waals surface area contributed by atoms with Crippen LogP contribution in [-0.4, -0.2) is 29.0 Å². The molecule has 6 heteroatoms. The second kappa shape index (κ2) is 6.35. The Morgan fingerprint density at radius 1 is 1.45 bits per heavy atom. The summed E-state index contributed by atoms with van der Waals surface area (Å²) in [6.07, 6.45) is 0. The molecule has 1 fully saturated rings. The summed E-state index contributed by atoms with van der Waals surface area (Å²) in [6.45, 7) is 4.45. The third-order valence-corrected chi connectivity index (χ3v) is 5.77. The van der Waals surface area contributed by atoms with Crippen molar-refractivity contribution in [2.24, 2.45) is 5.41 Å². The van der Waals surface area contributed by atoms with E-state index in [1.807, 2.05) is 24.8 Å². The van der Waals surface area contributed by atoms with E-state index in [0.717, 1.165) is 11.3 Å². The molecule has 1 saturated heterocycles. The average molecular weight is 353 g/mol. The molecule has 1 amide bonds. The fourth-order valence-corrected chi connectivity index (χ4v) is 4.07. The van der Waals surface area contributed by atoms with Crippen molar-refractivity contribution in [3.05, 3.63) is 33.8 Å². The van der Waals surface area contributed by atoms with Gasteiger partial charge in [-0.25, -0.2) is 0 Å². The van der Waals surface area contributed by atoms with Crippen LogP contribution in [0.4, 0.5) is 0 Å². The van der Waals surface area contributed by atoms with Crippen LogP contribution in [0.25, 0.3) is 0 Å². The highest BCUT2D eigenvalue weighted by Crippen LogP contribution is 2.43. The van der Waals surface area contributed by atoms with E-state index in [2.05, 4.69) is 0 Å². The summed E-state index contributed by atoms with van der Waals surface area (Å²) in [6, 6.07) is 5.41. The lowest BCUT2D eigenvalue weighted by Crippen LogP contribution is -2.41. The van der Waals surface area contributed by atoms with Gasteiger partial charge in [-0.1, -0.05) is 29.3 Å². The first-order valence-corrected chi connectivity index (χ1v) is 8.64. The summed E-state index contributed by atoms with van der Waals surface area (Å²) in [4.78, 5) is 14.5. The van der Waals surface area contributed by atoms with Gasteiger partial charge in [0.05, 0.1) is 5.41 Å². The van der Waals surface area contributed by atoms with E-state index in [4.69, 9.17) is 34.8 Å². The van der Waals surface area contributed by atoms with Gasteiger partial charge in [-0.2, -0.15) is 0 Å². The van der Waals surface area contributed by atoms with Crippen LogP contribution < -0.4 is 0 Å². The van der Waals surface area contributed by atoms with Crippen LogP contribution in [0.5, 0.6) is 0 Å². The molecule has 1 heterocycles. The molecule has 0 N–H and O–H groups in total. The molecule has 110 valence electrons. The Hall–Kier alpha value is -0.0900. The van der Waals surface area contributed by atoms with E-state index in [-0.39, 0.29) is 11.3 Å². The number of halogens is 3. The second-order valence-electron chi connectivity index (χ2n) is 5.41. The van der Waals surface area contributed by atoms with Crippen molar-refractivity contribution >= 4 is 52.5 Å². The smallest absolute Gasteiger partial charge is 0.230 e. The molecule has 0 aromatic heterocycles. The molecule has 1 aromatic carbocycles. The molecule has 0 saturated carbocycles. The molecule has 0 unspecified atom stereocenters. The fourth-order valence-electron chi connectivity index (χ4n) is 2.08. The number of benzene rings is 1. The first kappa shape index (κ1) is 16.3. The maximum absolute atomic E-state index is 12.6. The summed E-state index contributed by atoms with van der Waals surface area (Å²) < 4.78 is 0. The molecule has 1 aliphatic heterocycles. The van der Waals surface area contributed by atoms with Crippen molar-refractivity contribution < 1.29 is 4.79 Å². The molecule has 0 spiro atoms. The number of hydrogen-bond donors (Lipinski definition) is 0. The SMILES string of the molecule is CC(C)(CCl)C(=O)N1CCS[C@H]1c1ccc(Cl)cc1Cl. The molecular weight excluding hydrogens is 337 g/mol. The van der Waals surface area contributed by atoms with Crippen molar-refractivity contribution in [2.75, 3.05) is 18.2 Å². The highest BCUT2D eigenvalue weighted by Gasteiger charge is 2.38. The van der Waals surface area contributed by atoms with Crippen LogP contribution in [0.3, 0.4) is 0 Å². The number of rotatable bonds is 3. The number of carbonyl (C=O) groups excluding carboxylic acids is 1. The Balaban J connectivity index is 2.30. The molecule has 20 heavy (non-hydrogen) atoms. The summed E-state index contributed by atoms with van der Waals surface area (Å²) in [5, 5.41) is 1.13. The first-order chi connectivity index (χ1) is 9.36. The predicted molar refractivity (Wildman–Crippen MR) is 87.9 cm³/mol. The van der Waals surface area contributed by atoms with Gasteiger partial charge in [0.2, 0.25) is 5.91 Å². The Bertz CT molecular complexity index is 521. The van der Waals surface area contributed by atoms with E-state index in [1.54, 1.807) is 23.9 Å². The van der Waals surface area contributed by atoms with Crippen molar-refractivity contribution in [3.63, 3.8) is 0 Å².